The molecule has 1 aliphatic carbocycles. The van der Waals surface area contributed by atoms with E-state index < -0.39 is 5.97 Å². The number of aryl methyl sites for hydroxylation is 1. The van der Waals surface area contributed by atoms with Gasteiger partial charge in [0, 0.05) is 11.6 Å². The fourth-order valence-corrected chi connectivity index (χ4v) is 2.74. The number of carbonyl (C=O) groups is 1. The molecule has 25 heavy (non-hydrogen) atoms. The van der Waals surface area contributed by atoms with Gasteiger partial charge in [0.15, 0.2) is 0 Å². The molecule has 0 N–H and O–H groups in total. The van der Waals surface area contributed by atoms with Gasteiger partial charge in [-0.25, -0.2) is 4.79 Å². The van der Waals surface area contributed by atoms with Crippen LogP contribution in [0.1, 0.15) is 27.9 Å². The van der Waals surface area contributed by atoms with Gasteiger partial charge in [-0.3, -0.25) is 0 Å². The third-order valence-corrected chi connectivity index (χ3v) is 4.08. The van der Waals surface area contributed by atoms with Gasteiger partial charge in [0.25, 0.3) is 0 Å². The highest BCUT2D eigenvalue weighted by Crippen LogP contribution is 2.27. The first-order valence-electron chi connectivity index (χ1n) is 7.83. The molecule has 130 valence electrons. The first kappa shape index (κ1) is 16.8. The minimum atomic E-state index is -0.563. The van der Waals surface area contributed by atoms with Crippen molar-refractivity contribution < 1.29 is 23.8 Å². The maximum Gasteiger partial charge on any atom is 0.366 e. The molecule has 0 unspecified atom stereocenters. The zero-order valence-corrected chi connectivity index (χ0v) is 14.4. The molecule has 0 saturated heterocycles. The predicted molar refractivity (Wildman–Crippen MR) is 92.8 cm³/mol. The average molecular weight is 341 g/mol. The smallest absolute Gasteiger partial charge is 0.366 e. The topological polar surface area (TPSA) is 66.4 Å². The van der Waals surface area contributed by atoms with Crippen LogP contribution < -0.4 is 14.2 Å². The monoisotopic (exact) mass is 341 g/mol. The molecule has 2 aromatic rings. The summed E-state index contributed by atoms with van der Waals surface area (Å²) in [5, 5.41) is 4.05. The lowest BCUT2D eigenvalue weighted by atomic mass is 10.1. The third-order valence-electron chi connectivity index (χ3n) is 4.08. The van der Waals surface area contributed by atoms with E-state index in [1.54, 1.807) is 25.3 Å². The number of methoxy groups -OCH3 is 3. The minimum Gasteiger partial charge on any atom is -0.497 e. The first-order valence-corrected chi connectivity index (χ1v) is 7.83. The highest BCUT2D eigenvalue weighted by atomic mass is 16.7. The molecule has 0 saturated carbocycles. The predicted octanol–water partition coefficient (Wildman–Crippen LogP) is 3.22. The number of oxime groups is 1. The van der Waals surface area contributed by atoms with Crippen LogP contribution in [-0.2, 0) is 11.3 Å². The number of fused-ring (bicyclic) bond motifs is 1. The number of rotatable bonds is 5. The summed E-state index contributed by atoms with van der Waals surface area (Å²) in [6.45, 7) is 0. The molecule has 0 atom stereocenters. The van der Waals surface area contributed by atoms with E-state index >= 15 is 0 Å². The van der Waals surface area contributed by atoms with Crippen LogP contribution in [0.5, 0.6) is 17.2 Å². The molecule has 2 aromatic carbocycles. The Bertz CT molecular complexity index is 806. The van der Waals surface area contributed by atoms with Crippen molar-refractivity contribution in [1.82, 2.24) is 0 Å². The Morgan fingerprint density at radius 2 is 1.56 bits per heavy atom. The zero-order valence-electron chi connectivity index (χ0n) is 14.4. The van der Waals surface area contributed by atoms with Crippen LogP contribution in [0.2, 0.25) is 0 Å². The normalized spacial score (nSPS) is 14.1. The van der Waals surface area contributed by atoms with Crippen LogP contribution in [0.4, 0.5) is 0 Å². The fraction of sp³-hybridized carbons (Fsp3) is 0.263. The van der Waals surface area contributed by atoms with Gasteiger partial charge < -0.3 is 19.0 Å². The Labute approximate surface area is 146 Å². The molecule has 6 nitrogen and oxygen atoms in total. The molecular weight excluding hydrogens is 322 g/mol. The summed E-state index contributed by atoms with van der Waals surface area (Å²) in [5.41, 5.74) is 3.18. The summed E-state index contributed by atoms with van der Waals surface area (Å²) in [4.78, 5) is 17.4. The fourth-order valence-electron chi connectivity index (χ4n) is 2.74. The molecule has 6 heteroatoms. The van der Waals surface area contributed by atoms with Gasteiger partial charge in [-0.15, -0.1) is 0 Å². The van der Waals surface area contributed by atoms with E-state index in [1.165, 1.54) is 14.2 Å². The van der Waals surface area contributed by atoms with E-state index in [0.717, 1.165) is 35.4 Å². The molecule has 3 rings (SSSR count). The van der Waals surface area contributed by atoms with E-state index in [4.69, 9.17) is 19.0 Å². The Morgan fingerprint density at radius 1 is 0.880 bits per heavy atom. The second kappa shape index (κ2) is 7.25. The number of hydrogen-bond acceptors (Lipinski definition) is 6. The lowest BCUT2D eigenvalue weighted by molar-refractivity contribution is 0.0515. The molecule has 0 radical (unpaired) electrons. The Morgan fingerprint density at radius 3 is 2.20 bits per heavy atom. The summed E-state index contributed by atoms with van der Waals surface area (Å²) in [5.74, 6) is 1.27. The van der Waals surface area contributed by atoms with Gasteiger partial charge in [-0.1, -0.05) is 5.16 Å². The Hall–Kier alpha value is -3.02. The van der Waals surface area contributed by atoms with Crippen LogP contribution in [0.3, 0.4) is 0 Å². The molecule has 0 heterocycles. The molecule has 0 bridgehead atoms. The summed E-state index contributed by atoms with van der Waals surface area (Å²) < 4.78 is 15.5. The van der Waals surface area contributed by atoms with Crippen LogP contribution in [0.25, 0.3) is 0 Å². The number of hydrogen-bond donors (Lipinski definition) is 0. The molecule has 0 aliphatic heterocycles. The van der Waals surface area contributed by atoms with Crippen molar-refractivity contribution in [3.63, 3.8) is 0 Å². The number of benzene rings is 2. The number of ether oxygens (including phenoxy) is 3. The molecular formula is C19H19NO5. The van der Waals surface area contributed by atoms with E-state index in [1.807, 2.05) is 18.2 Å². The average Bonchev–Trinajstić information content (AvgIpc) is 3.07. The van der Waals surface area contributed by atoms with Gasteiger partial charge in [-0.2, -0.15) is 0 Å². The largest absolute Gasteiger partial charge is 0.497 e. The van der Waals surface area contributed by atoms with E-state index in [0.29, 0.717) is 17.1 Å². The standard InChI is InChI=1S/C19H19NO5/c1-22-14-5-6-17-12(8-14)4-7-18(17)20-25-19(21)13-9-15(23-2)11-16(10-13)24-3/h5-6,8-11H,4,7H2,1-3H3. The summed E-state index contributed by atoms with van der Waals surface area (Å²) in [7, 11) is 4.68. The van der Waals surface area contributed by atoms with E-state index in [9.17, 15) is 4.79 Å². The Kier molecular flexibility index (Phi) is 4.88. The molecule has 1 aliphatic rings. The van der Waals surface area contributed by atoms with Crippen LogP contribution >= 0.6 is 0 Å². The quantitative estimate of drug-likeness (QED) is 0.617. The van der Waals surface area contributed by atoms with Gasteiger partial charge in [0.2, 0.25) is 0 Å². The number of nitrogens with zero attached hydrogens (tertiary/aromatic N) is 1. The lowest BCUT2D eigenvalue weighted by Gasteiger charge is -2.07. The second-order valence-electron chi connectivity index (χ2n) is 5.54. The van der Waals surface area contributed by atoms with Crippen molar-refractivity contribution >= 4 is 11.7 Å². The third kappa shape index (κ3) is 3.57. The second-order valence-corrected chi connectivity index (χ2v) is 5.54. The summed E-state index contributed by atoms with van der Waals surface area (Å²) in [6.07, 6.45) is 1.56. The number of carbonyl (C=O) groups excluding carboxylic acids is 1. The molecule has 0 fully saturated rings. The van der Waals surface area contributed by atoms with Crippen LogP contribution in [0.15, 0.2) is 41.6 Å². The molecule has 0 amide bonds. The van der Waals surface area contributed by atoms with Crippen molar-refractivity contribution in [2.45, 2.75) is 12.8 Å². The summed E-state index contributed by atoms with van der Waals surface area (Å²) >= 11 is 0. The van der Waals surface area contributed by atoms with Crippen LogP contribution in [0, 0.1) is 0 Å². The summed E-state index contributed by atoms with van der Waals surface area (Å²) in [6, 6.07) is 10.6. The molecule has 0 aromatic heterocycles. The molecule has 0 spiro atoms. The lowest BCUT2D eigenvalue weighted by Crippen LogP contribution is -2.05. The van der Waals surface area contributed by atoms with E-state index in [-0.39, 0.29) is 0 Å². The Balaban J connectivity index is 1.78. The van der Waals surface area contributed by atoms with Crippen molar-refractivity contribution in [3.05, 3.63) is 53.1 Å². The SMILES string of the molecule is COc1cc(OC)cc(C(=O)ON=C2CCc3cc(OC)ccc32)c1. The van der Waals surface area contributed by atoms with Gasteiger partial charge >= 0.3 is 5.97 Å². The highest BCUT2D eigenvalue weighted by Gasteiger charge is 2.20. The maximum atomic E-state index is 12.3. The van der Waals surface area contributed by atoms with Crippen molar-refractivity contribution in [3.8, 4) is 17.2 Å². The van der Waals surface area contributed by atoms with Gasteiger partial charge in [0.05, 0.1) is 32.6 Å². The van der Waals surface area contributed by atoms with Crippen molar-refractivity contribution in [1.29, 1.82) is 0 Å². The maximum absolute atomic E-state index is 12.3. The van der Waals surface area contributed by atoms with Crippen molar-refractivity contribution in [2.75, 3.05) is 21.3 Å². The minimum absolute atomic E-state index is 0.313. The van der Waals surface area contributed by atoms with Gasteiger partial charge in [0.1, 0.15) is 17.2 Å². The van der Waals surface area contributed by atoms with E-state index in [2.05, 4.69) is 5.16 Å². The highest BCUT2D eigenvalue weighted by molar-refractivity contribution is 6.04. The first-order chi connectivity index (χ1) is 12.1. The van der Waals surface area contributed by atoms with Gasteiger partial charge in [-0.05, 0) is 48.7 Å². The zero-order chi connectivity index (χ0) is 17.8. The van der Waals surface area contributed by atoms with Crippen LogP contribution in [-0.4, -0.2) is 33.0 Å². The van der Waals surface area contributed by atoms with Crippen molar-refractivity contribution in [2.24, 2.45) is 5.16 Å².